The molecule has 1 rings (SSSR count). The smallest absolute Gasteiger partial charge is 0.137 e. The van der Waals surface area contributed by atoms with Gasteiger partial charge >= 0.3 is 0 Å². The number of nitrogens with zero attached hydrogens (tertiary/aromatic N) is 2. The Labute approximate surface area is 129 Å². The number of pyridine rings is 1. The van der Waals surface area contributed by atoms with Gasteiger partial charge in [-0.1, -0.05) is 20.8 Å². The lowest BCUT2D eigenvalue weighted by Gasteiger charge is -2.43. The van der Waals surface area contributed by atoms with Gasteiger partial charge in [0.25, 0.3) is 0 Å². The molecule has 1 aromatic heterocycles. The van der Waals surface area contributed by atoms with Crippen LogP contribution >= 0.6 is 0 Å². The Morgan fingerprint density at radius 2 is 2.00 bits per heavy atom. The molecule has 2 atom stereocenters. The first-order valence-corrected chi connectivity index (χ1v) is 7.98. The maximum atomic E-state index is 5.73. The minimum atomic E-state index is 0.0288. The molecule has 4 nitrogen and oxygen atoms in total. The van der Waals surface area contributed by atoms with Crippen LogP contribution in [0.15, 0.2) is 18.5 Å². The van der Waals surface area contributed by atoms with Crippen molar-refractivity contribution in [1.29, 1.82) is 0 Å². The molecule has 0 spiro atoms. The number of hydrogen-bond acceptors (Lipinski definition) is 4. The third-order valence-electron chi connectivity index (χ3n) is 4.31. The predicted molar refractivity (Wildman–Crippen MR) is 88.8 cm³/mol. The summed E-state index contributed by atoms with van der Waals surface area (Å²) in [5.74, 6) is 0.856. The van der Waals surface area contributed by atoms with E-state index < -0.39 is 0 Å². The SMILES string of the molecule is CCCOc1cncc(C(NCC)C(C)(CC)N(C)C)c1. The third-order valence-corrected chi connectivity index (χ3v) is 4.31. The Hall–Kier alpha value is -1.13. The molecule has 120 valence electrons. The molecule has 2 unspecified atom stereocenters. The lowest BCUT2D eigenvalue weighted by molar-refractivity contribution is 0.113. The van der Waals surface area contributed by atoms with Crippen LogP contribution in [0.3, 0.4) is 0 Å². The van der Waals surface area contributed by atoms with E-state index in [1.54, 1.807) is 6.20 Å². The molecule has 1 N–H and O–H groups in total. The molecule has 0 saturated carbocycles. The Balaban J connectivity index is 3.10. The van der Waals surface area contributed by atoms with Crippen molar-refractivity contribution < 1.29 is 4.74 Å². The van der Waals surface area contributed by atoms with E-state index in [1.807, 2.05) is 6.20 Å². The van der Waals surface area contributed by atoms with Crippen molar-refractivity contribution in [3.8, 4) is 5.75 Å². The maximum Gasteiger partial charge on any atom is 0.137 e. The molecule has 1 heterocycles. The maximum absolute atomic E-state index is 5.73. The average Bonchev–Trinajstić information content (AvgIpc) is 2.49. The number of rotatable bonds is 9. The van der Waals surface area contributed by atoms with Crippen molar-refractivity contribution in [2.45, 2.75) is 52.1 Å². The fourth-order valence-corrected chi connectivity index (χ4v) is 2.57. The molecule has 0 radical (unpaired) electrons. The second-order valence-electron chi connectivity index (χ2n) is 5.90. The minimum absolute atomic E-state index is 0.0288. The van der Waals surface area contributed by atoms with Gasteiger partial charge in [0.05, 0.1) is 18.8 Å². The van der Waals surface area contributed by atoms with E-state index >= 15 is 0 Å². The standard InChI is InChI=1S/C17H31N3O/c1-7-10-21-15-11-14(12-18-13-15)16(19-9-3)17(4,8-2)20(5)6/h11-13,16,19H,7-10H2,1-6H3. The number of nitrogens with one attached hydrogen (secondary N) is 1. The van der Waals surface area contributed by atoms with Crippen molar-refractivity contribution >= 4 is 0 Å². The quantitative estimate of drug-likeness (QED) is 0.758. The molecule has 21 heavy (non-hydrogen) atoms. The number of ether oxygens (including phenoxy) is 1. The van der Waals surface area contributed by atoms with Gasteiger partial charge in [-0.25, -0.2) is 0 Å². The molecule has 0 aromatic carbocycles. The molecule has 0 aliphatic heterocycles. The van der Waals surface area contributed by atoms with Crippen LogP contribution in [-0.2, 0) is 0 Å². The molecular formula is C17H31N3O. The Morgan fingerprint density at radius 1 is 1.29 bits per heavy atom. The molecule has 0 saturated heterocycles. The van der Waals surface area contributed by atoms with Gasteiger partial charge in [0.15, 0.2) is 0 Å². The predicted octanol–water partition coefficient (Wildman–Crippen LogP) is 3.25. The molecule has 0 bridgehead atoms. The highest BCUT2D eigenvalue weighted by Crippen LogP contribution is 2.33. The second kappa shape index (κ2) is 8.35. The van der Waals surface area contributed by atoms with Gasteiger partial charge in [-0.3, -0.25) is 4.98 Å². The molecule has 0 amide bonds. The summed E-state index contributed by atoms with van der Waals surface area (Å²) in [6, 6.07) is 2.34. The van der Waals surface area contributed by atoms with Gasteiger partial charge in [0, 0.05) is 11.7 Å². The van der Waals surface area contributed by atoms with Crippen LogP contribution in [-0.4, -0.2) is 42.7 Å². The van der Waals surface area contributed by atoms with E-state index in [0.717, 1.165) is 31.7 Å². The Bertz CT molecular complexity index is 422. The fraction of sp³-hybridized carbons (Fsp3) is 0.706. The molecule has 0 aliphatic rings. The van der Waals surface area contributed by atoms with Crippen molar-refractivity contribution in [1.82, 2.24) is 15.2 Å². The molecule has 0 fully saturated rings. The van der Waals surface area contributed by atoms with Crippen molar-refractivity contribution in [3.63, 3.8) is 0 Å². The van der Waals surface area contributed by atoms with E-state index in [4.69, 9.17) is 4.74 Å². The van der Waals surface area contributed by atoms with E-state index in [1.165, 1.54) is 5.56 Å². The van der Waals surface area contributed by atoms with Crippen LogP contribution in [0.25, 0.3) is 0 Å². The molecule has 0 aliphatic carbocycles. The number of aromatic nitrogens is 1. The summed E-state index contributed by atoms with van der Waals surface area (Å²) in [7, 11) is 4.28. The summed E-state index contributed by atoms with van der Waals surface area (Å²) in [6.45, 7) is 10.4. The van der Waals surface area contributed by atoms with Gasteiger partial charge < -0.3 is 15.0 Å². The summed E-state index contributed by atoms with van der Waals surface area (Å²) < 4.78 is 5.73. The summed E-state index contributed by atoms with van der Waals surface area (Å²) in [6.07, 6.45) is 5.80. The fourth-order valence-electron chi connectivity index (χ4n) is 2.57. The van der Waals surface area contributed by atoms with E-state index in [0.29, 0.717) is 0 Å². The van der Waals surface area contributed by atoms with Crippen LogP contribution < -0.4 is 10.1 Å². The van der Waals surface area contributed by atoms with Crippen molar-refractivity contribution in [2.24, 2.45) is 0 Å². The Kier molecular flexibility index (Phi) is 7.12. The van der Waals surface area contributed by atoms with Gasteiger partial charge in [0.2, 0.25) is 0 Å². The molecular weight excluding hydrogens is 262 g/mol. The summed E-state index contributed by atoms with van der Waals surface area (Å²) in [5.41, 5.74) is 1.21. The first-order chi connectivity index (χ1) is 9.99. The van der Waals surface area contributed by atoms with Crippen LogP contribution in [0.1, 0.15) is 52.1 Å². The number of hydrogen-bond donors (Lipinski definition) is 1. The highest BCUT2D eigenvalue weighted by atomic mass is 16.5. The highest BCUT2D eigenvalue weighted by molar-refractivity contribution is 5.28. The zero-order valence-electron chi connectivity index (χ0n) is 14.4. The monoisotopic (exact) mass is 293 g/mol. The lowest BCUT2D eigenvalue weighted by Crippen LogP contribution is -2.51. The zero-order valence-corrected chi connectivity index (χ0v) is 14.4. The van der Waals surface area contributed by atoms with Gasteiger partial charge in [0.1, 0.15) is 5.75 Å². The van der Waals surface area contributed by atoms with Crippen molar-refractivity contribution in [3.05, 3.63) is 24.0 Å². The Morgan fingerprint density at radius 3 is 2.52 bits per heavy atom. The largest absolute Gasteiger partial charge is 0.492 e. The van der Waals surface area contributed by atoms with Crippen LogP contribution in [0.2, 0.25) is 0 Å². The van der Waals surface area contributed by atoms with Crippen LogP contribution in [0, 0.1) is 0 Å². The van der Waals surface area contributed by atoms with Gasteiger partial charge in [-0.05, 0) is 52.0 Å². The zero-order chi connectivity index (χ0) is 15.9. The summed E-state index contributed by atoms with van der Waals surface area (Å²) in [4.78, 5) is 6.66. The third kappa shape index (κ3) is 4.42. The van der Waals surface area contributed by atoms with E-state index in [9.17, 15) is 0 Å². The highest BCUT2D eigenvalue weighted by Gasteiger charge is 2.35. The van der Waals surface area contributed by atoms with Crippen molar-refractivity contribution in [2.75, 3.05) is 27.2 Å². The van der Waals surface area contributed by atoms with Crippen LogP contribution in [0.5, 0.6) is 5.75 Å². The van der Waals surface area contributed by atoms with Gasteiger partial charge in [-0.15, -0.1) is 0 Å². The number of likely N-dealkylation sites (N-methyl/N-ethyl adjacent to an activating group) is 2. The normalized spacial score (nSPS) is 15.8. The molecule has 1 aromatic rings. The second-order valence-corrected chi connectivity index (χ2v) is 5.90. The lowest BCUT2D eigenvalue weighted by atomic mass is 9.84. The van der Waals surface area contributed by atoms with Crippen LogP contribution in [0.4, 0.5) is 0 Å². The summed E-state index contributed by atoms with van der Waals surface area (Å²) >= 11 is 0. The average molecular weight is 293 g/mol. The van der Waals surface area contributed by atoms with Gasteiger partial charge in [-0.2, -0.15) is 0 Å². The first-order valence-electron chi connectivity index (χ1n) is 7.98. The topological polar surface area (TPSA) is 37.4 Å². The van der Waals surface area contributed by atoms with E-state index in [-0.39, 0.29) is 11.6 Å². The molecule has 4 heteroatoms. The summed E-state index contributed by atoms with van der Waals surface area (Å²) in [5, 5.41) is 3.62. The minimum Gasteiger partial charge on any atom is -0.492 e. The van der Waals surface area contributed by atoms with E-state index in [2.05, 4.69) is 63.1 Å². The first kappa shape index (κ1) is 17.9.